The van der Waals surface area contributed by atoms with Crippen LogP contribution in [-0.4, -0.2) is 21.6 Å². The fraction of sp³-hybridized carbons (Fsp3) is 0.346. The van der Waals surface area contributed by atoms with Crippen LogP contribution in [0.3, 0.4) is 0 Å². The number of nitrogens with one attached hydrogen (secondary N) is 2. The van der Waals surface area contributed by atoms with E-state index in [2.05, 4.69) is 41.5 Å². The fourth-order valence-corrected chi connectivity index (χ4v) is 3.73. The zero-order valence-electron chi connectivity index (χ0n) is 20.5. The maximum absolute atomic E-state index is 13.6. The Kier molecular flexibility index (Phi) is 7.77. The van der Waals surface area contributed by atoms with Crippen molar-refractivity contribution in [1.29, 1.82) is 0 Å². The van der Waals surface area contributed by atoms with Gasteiger partial charge in [0.1, 0.15) is 5.82 Å². The number of rotatable bonds is 5. The number of aliphatic imine (C=N–C) groups is 1. The lowest BCUT2D eigenvalue weighted by Gasteiger charge is -2.19. The van der Waals surface area contributed by atoms with Crippen LogP contribution in [0.5, 0.6) is 0 Å². The molecule has 0 aliphatic heterocycles. The van der Waals surface area contributed by atoms with Crippen LogP contribution in [0, 0.1) is 19.7 Å². The number of aryl methyl sites for hydroxylation is 2. The number of hydrogen-bond acceptors (Lipinski definition) is 3. The van der Waals surface area contributed by atoms with Gasteiger partial charge in [-0.15, -0.1) is 0 Å². The Bertz CT molecular complexity index is 1210. The molecule has 0 atom stereocenters. The van der Waals surface area contributed by atoms with E-state index in [9.17, 15) is 9.18 Å². The lowest BCUT2D eigenvalue weighted by atomic mass is 9.87. The summed E-state index contributed by atoms with van der Waals surface area (Å²) in [5, 5.41) is 10.4. The number of anilines is 1. The number of carbonyl (C=O) groups is 1. The number of hydrogen-bond donors (Lipinski definition) is 2. The van der Waals surface area contributed by atoms with Crippen LogP contribution >= 0.6 is 11.6 Å². The third-order valence-electron chi connectivity index (χ3n) is 5.65. The minimum Gasteiger partial charge on any atom is -0.326 e. The van der Waals surface area contributed by atoms with Gasteiger partial charge in [-0.05, 0) is 62.1 Å². The van der Waals surface area contributed by atoms with Crippen molar-refractivity contribution in [3.05, 3.63) is 81.4 Å². The van der Waals surface area contributed by atoms with E-state index in [1.807, 2.05) is 37.6 Å². The molecule has 1 aromatic heterocycles. The highest BCUT2D eigenvalue weighted by atomic mass is 35.5. The number of aromatic nitrogens is 2. The zero-order chi connectivity index (χ0) is 25.0. The third-order valence-corrected chi connectivity index (χ3v) is 5.94. The van der Waals surface area contributed by atoms with Crippen molar-refractivity contribution in [2.75, 3.05) is 5.32 Å². The first kappa shape index (κ1) is 25.4. The summed E-state index contributed by atoms with van der Waals surface area (Å²) in [4.78, 5) is 17.6. The Morgan fingerprint density at radius 3 is 2.38 bits per heavy atom. The van der Waals surface area contributed by atoms with Crippen molar-refractivity contribution in [2.45, 2.75) is 60.0 Å². The van der Waals surface area contributed by atoms with Crippen molar-refractivity contribution in [2.24, 2.45) is 4.99 Å². The predicted octanol–water partition coefficient (Wildman–Crippen LogP) is 6.01. The number of guanidine groups is 1. The summed E-state index contributed by atoms with van der Waals surface area (Å²) < 4.78 is 15.5. The molecule has 0 aliphatic rings. The van der Waals surface area contributed by atoms with Gasteiger partial charge in [0.05, 0.1) is 17.3 Å². The summed E-state index contributed by atoms with van der Waals surface area (Å²) in [7, 11) is 0. The molecule has 2 N–H and O–H groups in total. The Hall–Kier alpha value is -3.19. The van der Waals surface area contributed by atoms with Crippen LogP contribution < -0.4 is 10.6 Å². The van der Waals surface area contributed by atoms with Gasteiger partial charge in [-0.3, -0.25) is 14.8 Å². The highest BCUT2D eigenvalue weighted by molar-refractivity contribution is 6.31. The number of carbonyl (C=O) groups excluding carboxylic acids is 1. The molecule has 1 amide bonds. The van der Waals surface area contributed by atoms with E-state index in [4.69, 9.17) is 11.6 Å². The SMILES string of the molecule is CCn1nc(C)c(CN=C(NC(=O)c2ccc(C(C)(C)C)cc2)Nc2ccc(F)c(Cl)c2)c1C. The molecular formula is C26H31ClFN5O. The molecule has 0 saturated heterocycles. The number of amides is 1. The average molecular weight is 484 g/mol. The molecule has 0 radical (unpaired) electrons. The molecule has 180 valence electrons. The Morgan fingerprint density at radius 1 is 1.15 bits per heavy atom. The fourth-order valence-electron chi connectivity index (χ4n) is 3.55. The second kappa shape index (κ2) is 10.4. The summed E-state index contributed by atoms with van der Waals surface area (Å²) in [5.41, 5.74) is 5.03. The molecule has 0 fully saturated rings. The Labute approximate surface area is 205 Å². The maximum Gasteiger partial charge on any atom is 0.257 e. The van der Waals surface area contributed by atoms with Crippen molar-refractivity contribution in [1.82, 2.24) is 15.1 Å². The molecule has 3 rings (SSSR count). The first-order valence-electron chi connectivity index (χ1n) is 11.2. The van der Waals surface area contributed by atoms with Crippen LogP contribution in [0.4, 0.5) is 10.1 Å². The van der Waals surface area contributed by atoms with Crippen LogP contribution in [0.15, 0.2) is 47.5 Å². The number of benzene rings is 2. The molecule has 0 spiro atoms. The molecule has 34 heavy (non-hydrogen) atoms. The van der Waals surface area contributed by atoms with Gasteiger partial charge in [0.2, 0.25) is 5.96 Å². The van der Waals surface area contributed by atoms with Crippen molar-refractivity contribution >= 4 is 29.2 Å². The van der Waals surface area contributed by atoms with E-state index in [1.54, 1.807) is 12.1 Å². The van der Waals surface area contributed by atoms with Gasteiger partial charge in [0.25, 0.3) is 5.91 Å². The van der Waals surface area contributed by atoms with Crippen molar-refractivity contribution in [3.8, 4) is 0 Å². The normalized spacial score (nSPS) is 12.1. The van der Waals surface area contributed by atoms with Crippen LogP contribution in [0.25, 0.3) is 0 Å². The molecule has 0 bridgehead atoms. The van der Waals surface area contributed by atoms with E-state index in [1.165, 1.54) is 18.2 Å². The van der Waals surface area contributed by atoms with E-state index in [0.29, 0.717) is 17.8 Å². The molecule has 8 heteroatoms. The molecule has 0 aliphatic carbocycles. The van der Waals surface area contributed by atoms with E-state index in [0.717, 1.165) is 29.1 Å². The highest BCUT2D eigenvalue weighted by Gasteiger charge is 2.16. The minimum absolute atomic E-state index is 0.0102. The van der Waals surface area contributed by atoms with Gasteiger partial charge >= 0.3 is 0 Å². The second-order valence-electron chi connectivity index (χ2n) is 9.17. The Morgan fingerprint density at radius 2 is 1.82 bits per heavy atom. The minimum atomic E-state index is -0.521. The number of halogens is 2. The predicted molar refractivity (Wildman–Crippen MR) is 136 cm³/mol. The summed E-state index contributed by atoms with van der Waals surface area (Å²) in [6.07, 6.45) is 0. The summed E-state index contributed by atoms with van der Waals surface area (Å²) in [6, 6.07) is 11.7. The first-order chi connectivity index (χ1) is 16.0. The molecule has 0 unspecified atom stereocenters. The largest absolute Gasteiger partial charge is 0.326 e. The van der Waals surface area contributed by atoms with Gasteiger partial charge in [-0.2, -0.15) is 5.10 Å². The summed E-state index contributed by atoms with van der Waals surface area (Å²) in [6.45, 7) is 13.4. The molecule has 2 aromatic carbocycles. The topological polar surface area (TPSA) is 71.3 Å². The van der Waals surface area contributed by atoms with Gasteiger partial charge in [0, 0.05) is 29.1 Å². The molecule has 1 heterocycles. The van der Waals surface area contributed by atoms with E-state index >= 15 is 0 Å². The van der Waals surface area contributed by atoms with Gasteiger partial charge < -0.3 is 5.32 Å². The highest BCUT2D eigenvalue weighted by Crippen LogP contribution is 2.22. The van der Waals surface area contributed by atoms with Gasteiger partial charge in [-0.1, -0.05) is 44.5 Å². The molecule has 0 saturated carbocycles. The lowest BCUT2D eigenvalue weighted by molar-refractivity contribution is 0.0977. The Balaban J connectivity index is 1.87. The summed E-state index contributed by atoms with van der Waals surface area (Å²) in [5.74, 6) is -0.597. The third kappa shape index (κ3) is 6.03. The van der Waals surface area contributed by atoms with Gasteiger partial charge in [0.15, 0.2) is 0 Å². The summed E-state index contributed by atoms with van der Waals surface area (Å²) >= 11 is 5.93. The smallest absolute Gasteiger partial charge is 0.257 e. The average Bonchev–Trinajstić information content (AvgIpc) is 3.06. The quantitative estimate of drug-likeness (QED) is 0.345. The van der Waals surface area contributed by atoms with Crippen molar-refractivity contribution in [3.63, 3.8) is 0 Å². The standard InChI is InChI=1S/C26H31ClFN5O/c1-7-33-17(3)21(16(2)32-33)15-29-25(30-20-12-13-23(28)22(27)14-20)31-24(34)18-8-10-19(11-9-18)26(4,5)6/h8-14H,7,15H2,1-6H3,(H2,29,30,31,34). The molecular weight excluding hydrogens is 453 g/mol. The first-order valence-corrected chi connectivity index (χ1v) is 11.6. The molecule has 6 nitrogen and oxygen atoms in total. The molecule has 3 aromatic rings. The van der Waals surface area contributed by atoms with E-state index in [-0.39, 0.29) is 22.3 Å². The van der Waals surface area contributed by atoms with E-state index < -0.39 is 5.82 Å². The number of nitrogens with zero attached hydrogens (tertiary/aromatic N) is 3. The van der Waals surface area contributed by atoms with Gasteiger partial charge in [-0.25, -0.2) is 9.38 Å². The van der Waals surface area contributed by atoms with Crippen LogP contribution in [-0.2, 0) is 18.5 Å². The van der Waals surface area contributed by atoms with Crippen molar-refractivity contribution < 1.29 is 9.18 Å². The maximum atomic E-state index is 13.6. The lowest BCUT2D eigenvalue weighted by Crippen LogP contribution is -2.36. The van der Waals surface area contributed by atoms with Crippen LogP contribution in [0.2, 0.25) is 5.02 Å². The monoisotopic (exact) mass is 483 g/mol. The van der Waals surface area contributed by atoms with Crippen LogP contribution in [0.1, 0.15) is 60.6 Å². The second-order valence-corrected chi connectivity index (χ2v) is 9.57. The zero-order valence-corrected chi connectivity index (χ0v) is 21.2.